The van der Waals surface area contributed by atoms with E-state index in [4.69, 9.17) is 0 Å². The van der Waals surface area contributed by atoms with Crippen molar-refractivity contribution in [2.75, 3.05) is 12.3 Å². The zero-order valence-electron chi connectivity index (χ0n) is 18.8. The molecule has 1 amide bonds. The molecule has 2 aromatic carbocycles. The fourth-order valence-corrected chi connectivity index (χ4v) is 5.77. The maximum atomic E-state index is 13.6. The van der Waals surface area contributed by atoms with Gasteiger partial charge in [0.1, 0.15) is 11.6 Å². The third kappa shape index (κ3) is 6.82. The minimum absolute atomic E-state index is 0.0115. The van der Waals surface area contributed by atoms with E-state index in [0.29, 0.717) is 5.56 Å². The number of hydrogen-bond donors (Lipinski definition) is 3. The average molecular weight is 481 g/mol. The quantitative estimate of drug-likeness (QED) is 0.513. The van der Waals surface area contributed by atoms with Crippen LogP contribution in [-0.2, 0) is 33.2 Å². The minimum Gasteiger partial charge on any atom is -0.390 e. The van der Waals surface area contributed by atoms with E-state index in [1.165, 1.54) is 0 Å². The molecule has 0 saturated carbocycles. The summed E-state index contributed by atoms with van der Waals surface area (Å²) in [7, 11) is -3.31. The summed E-state index contributed by atoms with van der Waals surface area (Å²) in [5.74, 6) is -1.91. The van der Waals surface area contributed by atoms with Crippen molar-refractivity contribution in [3.8, 4) is 0 Å². The molecular formula is C24H30F2N2O4S. The SMILES string of the molecule is CCC(=O)NC(Cc1cc(F)cc(F)c1)C(O)CNC1CS(=O)(=O)Cc2ccc(CC)cc21. The number of aliphatic hydroxyl groups excluding tert-OH is 1. The van der Waals surface area contributed by atoms with Crippen molar-refractivity contribution < 1.29 is 27.1 Å². The number of fused-ring (bicyclic) bond motifs is 1. The summed E-state index contributed by atoms with van der Waals surface area (Å²) in [5.41, 5.74) is 3.00. The van der Waals surface area contributed by atoms with E-state index >= 15 is 0 Å². The molecule has 1 aliphatic rings. The number of halogens is 2. The lowest BCUT2D eigenvalue weighted by atomic mass is 9.97. The third-order valence-corrected chi connectivity index (χ3v) is 7.47. The number of amides is 1. The van der Waals surface area contributed by atoms with Gasteiger partial charge in [-0.15, -0.1) is 0 Å². The van der Waals surface area contributed by atoms with Gasteiger partial charge in [-0.05, 0) is 47.2 Å². The molecule has 2 aromatic rings. The number of aryl methyl sites for hydroxylation is 1. The fraction of sp³-hybridized carbons (Fsp3) is 0.458. The van der Waals surface area contributed by atoms with Crippen LogP contribution in [-0.4, -0.2) is 43.9 Å². The summed E-state index contributed by atoms with van der Waals surface area (Å²) in [4.78, 5) is 12.0. The van der Waals surface area contributed by atoms with Crippen molar-refractivity contribution in [1.82, 2.24) is 10.6 Å². The van der Waals surface area contributed by atoms with Gasteiger partial charge in [0.15, 0.2) is 9.84 Å². The maximum Gasteiger partial charge on any atom is 0.220 e. The Morgan fingerprint density at radius 3 is 2.45 bits per heavy atom. The number of hydrogen-bond acceptors (Lipinski definition) is 5. The van der Waals surface area contributed by atoms with Gasteiger partial charge in [-0.2, -0.15) is 0 Å². The normalized spacial score (nSPS) is 18.9. The van der Waals surface area contributed by atoms with Gasteiger partial charge in [-0.3, -0.25) is 4.79 Å². The zero-order valence-corrected chi connectivity index (χ0v) is 19.6. The van der Waals surface area contributed by atoms with Crippen LogP contribution < -0.4 is 10.6 Å². The Hall–Kier alpha value is -2.36. The Morgan fingerprint density at radius 1 is 1.12 bits per heavy atom. The van der Waals surface area contributed by atoms with Crippen LogP contribution in [0.4, 0.5) is 8.78 Å². The third-order valence-electron chi connectivity index (χ3n) is 5.87. The molecule has 3 rings (SSSR count). The summed E-state index contributed by atoms with van der Waals surface area (Å²) in [5, 5.41) is 16.7. The molecule has 9 heteroatoms. The number of rotatable bonds is 9. The average Bonchev–Trinajstić information content (AvgIpc) is 2.75. The van der Waals surface area contributed by atoms with Crippen LogP contribution in [0.3, 0.4) is 0 Å². The lowest BCUT2D eigenvalue weighted by molar-refractivity contribution is -0.122. The van der Waals surface area contributed by atoms with Crippen LogP contribution in [0, 0.1) is 11.6 Å². The molecule has 0 aliphatic carbocycles. The van der Waals surface area contributed by atoms with Crippen LogP contribution in [0.2, 0.25) is 0 Å². The van der Waals surface area contributed by atoms with Crippen molar-refractivity contribution in [1.29, 1.82) is 0 Å². The van der Waals surface area contributed by atoms with Gasteiger partial charge in [0.2, 0.25) is 5.91 Å². The summed E-state index contributed by atoms with van der Waals surface area (Å²) in [6.45, 7) is 3.67. The lowest BCUT2D eigenvalue weighted by Gasteiger charge is -2.30. The topological polar surface area (TPSA) is 95.5 Å². The molecule has 6 nitrogen and oxygen atoms in total. The zero-order chi connectivity index (χ0) is 24.2. The second kappa shape index (κ2) is 10.7. The number of benzene rings is 2. The van der Waals surface area contributed by atoms with E-state index in [2.05, 4.69) is 10.6 Å². The first-order valence-corrected chi connectivity index (χ1v) is 12.9. The first-order valence-electron chi connectivity index (χ1n) is 11.1. The lowest BCUT2D eigenvalue weighted by Crippen LogP contribution is -2.49. The monoisotopic (exact) mass is 480 g/mol. The number of carbonyl (C=O) groups is 1. The summed E-state index contributed by atoms with van der Waals surface area (Å²) in [6.07, 6.45) is -0.107. The van der Waals surface area contributed by atoms with E-state index in [1.807, 2.05) is 25.1 Å². The second-order valence-electron chi connectivity index (χ2n) is 8.48. The highest BCUT2D eigenvalue weighted by atomic mass is 32.2. The highest BCUT2D eigenvalue weighted by molar-refractivity contribution is 7.90. The number of nitrogens with one attached hydrogen (secondary N) is 2. The first-order chi connectivity index (χ1) is 15.6. The van der Waals surface area contributed by atoms with Crippen molar-refractivity contribution >= 4 is 15.7 Å². The van der Waals surface area contributed by atoms with E-state index < -0.39 is 39.7 Å². The van der Waals surface area contributed by atoms with Crippen molar-refractivity contribution in [3.63, 3.8) is 0 Å². The van der Waals surface area contributed by atoms with Crippen LogP contribution in [0.1, 0.15) is 48.6 Å². The highest BCUT2D eigenvalue weighted by Crippen LogP contribution is 2.29. The molecule has 33 heavy (non-hydrogen) atoms. The molecule has 0 bridgehead atoms. The number of sulfone groups is 1. The molecule has 3 N–H and O–H groups in total. The van der Waals surface area contributed by atoms with Gasteiger partial charge >= 0.3 is 0 Å². The minimum atomic E-state index is -3.31. The van der Waals surface area contributed by atoms with E-state index in [0.717, 1.165) is 41.3 Å². The van der Waals surface area contributed by atoms with Crippen LogP contribution in [0.25, 0.3) is 0 Å². The summed E-state index contributed by atoms with van der Waals surface area (Å²) >= 11 is 0. The van der Waals surface area contributed by atoms with Crippen LogP contribution in [0.15, 0.2) is 36.4 Å². The standard InChI is InChI=1S/C24H30F2N2O4S/c1-3-15-5-6-17-13-33(31,32)14-22(20(17)9-15)27-12-23(29)21(28-24(30)4-2)10-16-7-18(25)11-19(26)8-16/h5-9,11,21-23,27,29H,3-4,10,12-14H2,1-2H3,(H,28,30). The van der Waals surface area contributed by atoms with Crippen LogP contribution >= 0.6 is 0 Å². The molecule has 3 unspecified atom stereocenters. The smallest absolute Gasteiger partial charge is 0.220 e. The van der Waals surface area contributed by atoms with Gasteiger partial charge in [0.25, 0.3) is 0 Å². The molecular weight excluding hydrogens is 450 g/mol. The van der Waals surface area contributed by atoms with Crippen molar-refractivity contribution in [2.24, 2.45) is 0 Å². The summed E-state index contributed by atoms with van der Waals surface area (Å²) in [6, 6.07) is 7.49. The van der Waals surface area contributed by atoms with Gasteiger partial charge < -0.3 is 15.7 Å². The Labute approximate surface area is 193 Å². The molecule has 180 valence electrons. The number of carbonyl (C=O) groups excluding carboxylic acids is 1. The number of aliphatic hydroxyl groups is 1. The van der Waals surface area contributed by atoms with E-state index in [-0.39, 0.29) is 36.8 Å². The second-order valence-corrected chi connectivity index (χ2v) is 10.6. The molecule has 1 heterocycles. The maximum absolute atomic E-state index is 13.6. The Kier molecular flexibility index (Phi) is 8.20. The molecule has 0 fully saturated rings. The van der Waals surface area contributed by atoms with Gasteiger partial charge in [0.05, 0.1) is 23.7 Å². The predicted octanol–water partition coefficient (Wildman–Crippen LogP) is 2.58. The molecule has 0 aromatic heterocycles. The predicted molar refractivity (Wildman–Crippen MR) is 122 cm³/mol. The van der Waals surface area contributed by atoms with Gasteiger partial charge in [-0.25, -0.2) is 17.2 Å². The molecule has 1 aliphatic heterocycles. The van der Waals surface area contributed by atoms with Crippen molar-refractivity contribution in [2.45, 2.75) is 57.1 Å². The molecule has 0 radical (unpaired) electrons. The van der Waals surface area contributed by atoms with E-state index in [9.17, 15) is 27.1 Å². The molecule has 0 saturated heterocycles. The summed E-state index contributed by atoms with van der Waals surface area (Å²) < 4.78 is 52.1. The Balaban J connectivity index is 1.78. The largest absolute Gasteiger partial charge is 0.390 e. The Bertz CT molecular complexity index is 1090. The van der Waals surface area contributed by atoms with Crippen molar-refractivity contribution in [3.05, 3.63) is 70.3 Å². The van der Waals surface area contributed by atoms with Gasteiger partial charge in [-0.1, -0.05) is 32.0 Å². The van der Waals surface area contributed by atoms with Crippen LogP contribution in [0.5, 0.6) is 0 Å². The first kappa shape index (κ1) is 25.3. The molecule has 0 spiro atoms. The fourth-order valence-electron chi connectivity index (χ4n) is 4.11. The highest BCUT2D eigenvalue weighted by Gasteiger charge is 2.31. The van der Waals surface area contributed by atoms with E-state index in [1.54, 1.807) is 6.92 Å². The molecule has 3 atom stereocenters. The van der Waals surface area contributed by atoms with Gasteiger partial charge in [0, 0.05) is 25.1 Å². The Morgan fingerprint density at radius 2 is 1.82 bits per heavy atom.